The fraction of sp³-hybridized carbons (Fsp3) is 0.444. The molecule has 0 aliphatic carbocycles. The SMILES string of the molecule is CCCN1C(=O)C(=O)N(CC(=O)N(C)Cc2ccc3c(c2)OCCO3)C1=O. The van der Waals surface area contributed by atoms with Crippen molar-refractivity contribution in [2.45, 2.75) is 19.9 Å². The second kappa shape index (κ2) is 7.65. The smallest absolute Gasteiger partial charge is 0.334 e. The number of carbonyl (C=O) groups is 4. The third-order valence-corrected chi connectivity index (χ3v) is 4.33. The summed E-state index contributed by atoms with van der Waals surface area (Å²) < 4.78 is 11.0. The maximum Gasteiger partial charge on any atom is 0.334 e. The van der Waals surface area contributed by atoms with Gasteiger partial charge in [-0.3, -0.25) is 19.3 Å². The van der Waals surface area contributed by atoms with Gasteiger partial charge in [0, 0.05) is 20.1 Å². The van der Waals surface area contributed by atoms with Crippen LogP contribution in [-0.4, -0.2) is 71.8 Å². The summed E-state index contributed by atoms with van der Waals surface area (Å²) in [6, 6.07) is 4.64. The molecule has 0 N–H and O–H groups in total. The van der Waals surface area contributed by atoms with Gasteiger partial charge in [-0.1, -0.05) is 13.0 Å². The number of hydrogen-bond donors (Lipinski definition) is 0. The molecule has 0 saturated carbocycles. The predicted molar refractivity (Wildman–Crippen MR) is 93.0 cm³/mol. The number of benzene rings is 1. The molecule has 5 amide bonds. The fourth-order valence-corrected chi connectivity index (χ4v) is 2.91. The van der Waals surface area contributed by atoms with E-state index in [1.165, 1.54) is 4.90 Å². The number of urea groups is 1. The van der Waals surface area contributed by atoms with Gasteiger partial charge >= 0.3 is 17.8 Å². The Bertz CT molecular complexity index is 793. The summed E-state index contributed by atoms with van der Waals surface area (Å²) in [7, 11) is 1.57. The van der Waals surface area contributed by atoms with Gasteiger partial charge in [0.1, 0.15) is 19.8 Å². The van der Waals surface area contributed by atoms with E-state index in [0.29, 0.717) is 36.0 Å². The van der Waals surface area contributed by atoms with Crippen molar-refractivity contribution in [2.24, 2.45) is 0 Å². The van der Waals surface area contributed by atoms with Gasteiger partial charge in [0.2, 0.25) is 5.91 Å². The van der Waals surface area contributed by atoms with E-state index in [1.807, 2.05) is 6.07 Å². The lowest BCUT2D eigenvalue weighted by atomic mass is 10.2. The molecule has 1 fully saturated rings. The van der Waals surface area contributed by atoms with Gasteiger partial charge in [0.15, 0.2) is 11.5 Å². The second-order valence-electron chi connectivity index (χ2n) is 6.36. The minimum absolute atomic E-state index is 0.154. The largest absolute Gasteiger partial charge is 0.486 e. The van der Waals surface area contributed by atoms with Crippen LogP contribution < -0.4 is 9.47 Å². The molecule has 9 nitrogen and oxygen atoms in total. The molecule has 2 aliphatic heterocycles. The molecule has 0 spiro atoms. The Kier molecular flexibility index (Phi) is 5.29. The first kappa shape index (κ1) is 18.7. The van der Waals surface area contributed by atoms with E-state index in [4.69, 9.17) is 9.47 Å². The molecule has 0 radical (unpaired) electrons. The van der Waals surface area contributed by atoms with Crippen LogP contribution >= 0.6 is 0 Å². The van der Waals surface area contributed by atoms with Gasteiger partial charge in [0.05, 0.1) is 0 Å². The molecule has 27 heavy (non-hydrogen) atoms. The Labute approximate surface area is 156 Å². The highest BCUT2D eigenvalue weighted by Crippen LogP contribution is 2.31. The number of rotatable bonds is 6. The number of imide groups is 2. The summed E-state index contributed by atoms with van der Waals surface area (Å²) in [5, 5.41) is 0. The highest BCUT2D eigenvalue weighted by Gasteiger charge is 2.44. The van der Waals surface area contributed by atoms with Crippen molar-refractivity contribution in [1.29, 1.82) is 0 Å². The molecule has 0 aromatic heterocycles. The van der Waals surface area contributed by atoms with Gasteiger partial charge in [-0.25, -0.2) is 9.69 Å². The Morgan fingerprint density at radius 2 is 1.74 bits per heavy atom. The summed E-state index contributed by atoms with van der Waals surface area (Å²) in [5.41, 5.74) is 0.817. The number of carbonyl (C=O) groups excluding carboxylic acids is 4. The zero-order valence-corrected chi connectivity index (χ0v) is 15.3. The van der Waals surface area contributed by atoms with Crippen LogP contribution in [0, 0.1) is 0 Å². The van der Waals surface area contributed by atoms with Gasteiger partial charge < -0.3 is 14.4 Å². The van der Waals surface area contributed by atoms with Gasteiger partial charge in [-0.2, -0.15) is 0 Å². The minimum atomic E-state index is -0.963. The molecule has 1 aromatic carbocycles. The normalized spacial score (nSPS) is 16.1. The van der Waals surface area contributed by atoms with Crippen LogP contribution in [0.15, 0.2) is 18.2 Å². The molecule has 3 rings (SSSR count). The molecular formula is C18H21N3O6. The number of ether oxygens (including phenoxy) is 2. The van der Waals surface area contributed by atoms with Crippen molar-refractivity contribution >= 4 is 23.8 Å². The summed E-state index contributed by atoms with van der Waals surface area (Å²) in [5.74, 6) is -1.02. The van der Waals surface area contributed by atoms with Crippen molar-refractivity contribution in [3.63, 3.8) is 0 Å². The van der Waals surface area contributed by atoms with E-state index in [2.05, 4.69) is 0 Å². The summed E-state index contributed by atoms with van der Waals surface area (Å²) in [4.78, 5) is 51.5. The number of fused-ring (bicyclic) bond motifs is 1. The van der Waals surface area contributed by atoms with Crippen LogP contribution in [0.4, 0.5) is 4.79 Å². The lowest BCUT2D eigenvalue weighted by molar-refractivity contribution is -0.144. The molecule has 0 atom stereocenters. The lowest BCUT2D eigenvalue weighted by Crippen LogP contribution is -2.42. The van der Waals surface area contributed by atoms with E-state index in [9.17, 15) is 19.2 Å². The Morgan fingerprint density at radius 1 is 1.07 bits per heavy atom. The third kappa shape index (κ3) is 3.71. The molecule has 0 unspecified atom stereocenters. The first-order valence-electron chi connectivity index (χ1n) is 8.72. The Hall–Kier alpha value is -3.10. The Balaban J connectivity index is 1.63. The first-order valence-corrected chi connectivity index (χ1v) is 8.72. The second-order valence-corrected chi connectivity index (χ2v) is 6.36. The van der Waals surface area contributed by atoms with Gasteiger partial charge in [0.25, 0.3) is 0 Å². The van der Waals surface area contributed by atoms with E-state index >= 15 is 0 Å². The van der Waals surface area contributed by atoms with Gasteiger partial charge in [-0.05, 0) is 24.1 Å². The van der Waals surface area contributed by atoms with Crippen molar-refractivity contribution in [3.8, 4) is 11.5 Å². The van der Waals surface area contributed by atoms with E-state index in [0.717, 1.165) is 10.5 Å². The number of likely N-dealkylation sites (N-methyl/N-ethyl adjacent to an activating group) is 1. The van der Waals surface area contributed by atoms with E-state index in [1.54, 1.807) is 26.1 Å². The van der Waals surface area contributed by atoms with Crippen molar-refractivity contribution in [3.05, 3.63) is 23.8 Å². The van der Waals surface area contributed by atoms with Crippen molar-refractivity contribution in [1.82, 2.24) is 14.7 Å². The predicted octanol–water partition coefficient (Wildman–Crippen LogP) is 0.617. The lowest BCUT2D eigenvalue weighted by Gasteiger charge is -2.22. The van der Waals surface area contributed by atoms with Crippen LogP contribution in [0.1, 0.15) is 18.9 Å². The fourth-order valence-electron chi connectivity index (χ4n) is 2.91. The van der Waals surface area contributed by atoms with Crippen LogP contribution in [0.25, 0.3) is 0 Å². The molecule has 9 heteroatoms. The first-order chi connectivity index (χ1) is 12.9. The average molecular weight is 375 g/mol. The number of hydrogen-bond acceptors (Lipinski definition) is 6. The van der Waals surface area contributed by atoms with Crippen molar-refractivity contribution in [2.75, 3.05) is 33.4 Å². The number of nitrogens with zero attached hydrogens (tertiary/aromatic N) is 3. The number of amides is 5. The van der Waals surface area contributed by atoms with Crippen LogP contribution in [0.5, 0.6) is 11.5 Å². The maximum absolute atomic E-state index is 12.4. The van der Waals surface area contributed by atoms with Gasteiger partial charge in [-0.15, -0.1) is 0 Å². The zero-order valence-electron chi connectivity index (χ0n) is 15.3. The molecule has 1 saturated heterocycles. The minimum Gasteiger partial charge on any atom is -0.486 e. The monoisotopic (exact) mass is 375 g/mol. The highest BCUT2D eigenvalue weighted by atomic mass is 16.6. The van der Waals surface area contributed by atoms with Crippen molar-refractivity contribution < 1.29 is 28.7 Å². The molecule has 1 aromatic rings. The molecule has 2 heterocycles. The molecule has 0 bridgehead atoms. The topological polar surface area (TPSA) is 96.5 Å². The quantitative estimate of drug-likeness (QED) is 0.534. The summed E-state index contributed by atoms with van der Waals surface area (Å²) in [6.07, 6.45) is 0.538. The van der Waals surface area contributed by atoms with E-state index < -0.39 is 30.3 Å². The van der Waals surface area contributed by atoms with E-state index in [-0.39, 0.29) is 13.1 Å². The molecular weight excluding hydrogens is 354 g/mol. The zero-order chi connectivity index (χ0) is 19.6. The highest BCUT2D eigenvalue weighted by molar-refractivity contribution is 6.45. The average Bonchev–Trinajstić information content (AvgIpc) is 2.86. The Morgan fingerprint density at radius 3 is 2.44 bits per heavy atom. The summed E-state index contributed by atoms with van der Waals surface area (Å²) in [6.45, 7) is 2.70. The molecule has 2 aliphatic rings. The third-order valence-electron chi connectivity index (χ3n) is 4.33. The maximum atomic E-state index is 12.4. The van der Waals surface area contributed by atoms with Crippen LogP contribution in [0.2, 0.25) is 0 Å². The van der Waals surface area contributed by atoms with Crippen LogP contribution in [-0.2, 0) is 20.9 Å². The van der Waals surface area contributed by atoms with Crippen LogP contribution in [0.3, 0.4) is 0 Å². The molecule has 144 valence electrons. The summed E-state index contributed by atoms with van der Waals surface area (Å²) >= 11 is 0. The standard InChI is InChI=1S/C18H21N3O6/c1-3-6-20-16(23)17(24)21(18(20)25)11-15(22)19(2)10-12-4-5-13-14(9-12)27-8-7-26-13/h4-5,9H,3,6-8,10-11H2,1-2H3.